The van der Waals surface area contributed by atoms with Crippen LogP contribution in [0.25, 0.3) is 11.2 Å². The average Bonchev–Trinajstić information content (AvgIpc) is 2.85. The van der Waals surface area contributed by atoms with Crippen molar-refractivity contribution in [3.05, 3.63) is 52.1 Å². The molecule has 0 saturated carbocycles. The maximum absolute atomic E-state index is 12.5. The number of aromatic nitrogens is 4. The number of nitrogens with two attached hydrogens (primary N) is 1. The first-order chi connectivity index (χ1) is 17.3. The van der Waals surface area contributed by atoms with Gasteiger partial charge in [-0.2, -0.15) is 4.98 Å². The van der Waals surface area contributed by atoms with Crippen molar-refractivity contribution in [2.24, 2.45) is 0 Å². The number of anilines is 2. The van der Waals surface area contributed by atoms with Crippen molar-refractivity contribution in [3.8, 4) is 0 Å². The minimum Gasteiger partial charge on any atom is -0.480 e. The minimum atomic E-state index is -1.24. The number of carboxylic acid groups (broad SMARTS) is 1. The van der Waals surface area contributed by atoms with Crippen LogP contribution in [0.2, 0.25) is 0 Å². The molecule has 0 aliphatic carbocycles. The normalized spacial score (nSPS) is 11.6. The van der Waals surface area contributed by atoms with Gasteiger partial charge in [-0.15, -0.1) is 0 Å². The van der Waals surface area contributed by atoms with Gasteiger partial charge >= 0.3 is 11.9 Å². The van der Waals surface area contributed by atoms with Crippen LogP contribution in [0.5, 0.6) is 0 Å². The zero-order valence-electron chi connectivity index (χ0n) is 19.6. The van der Waals surface area contributed by atoms with Gasteiger partial charge in [0.15, 0.2) is 11.2 Å². The molecule has 13 nitrogen and oxygen atoms in total. The molecule has 13 heteroatoms. The summed E-state index contributed by atoms with van der Waals surface area (Å²) >= 11 is 0. The fourth-order valence-corrected chi connectivity index (χ4v) is 3.15. The van der Waals surface area contributed by atoms with Gasteiger partial charge in [0.25, 0.3) is 11.5 Å². The van der Waals surface area contributed by atoms with Crippen LogP contribution in [0.1, 0.15) is 48.7 Å². The molecule has 190 valence electrons. The Morgan fingerprint density at radius 3 is 2.64 bits per heavy atom. The fraction of sp³-hybridized carbons (Fsp3) is 0.348. The molecule has 1 aromatic carbocycles. The van der Waals surface area contributed by atoms with Crippen molar-refractivity contribution in [2.45, 2.75) is 45.2 Å². The van der Waals surface area contributed by atoms with Gasteiger partial charge in [-0.25, -0.2) is 14.8 Å². The van der Waals surface area contributed by atoms with E-state index in [1.165, 1.54) is 18.3 Å². The lowest BCUT2D eigenvalue weighted by atomic mass is 10.1. The second-order valence-corrected chi connectivity index (χ2v) is 7.89. The molecule has 2 aromatic heterocycles. The van der Waals surface area contributed by atoms with E-state index in [-0.39, 0.29) is 48.7 Å². The summed E-state index contributed by atoms with van der Waals surface area (Å²) in [6.45, 7) is 2.50. The first kappa shape index (κ1) is 26.1. The minimum absolute atomic E-state index is 0.0450. The lowest BCUT2D eigenvalue weighted by Gasteiger charge is -2.14. The summed E-state index contributed by atoms with van der Waals surface area (Å²) in [6.07, 6.45) is 2.88. The highest BCUT2D eigenvalue weighted by atomic mass is 16.5. The summed E-state index contributed by atoms with van der Waals surface area (Å²) in [6, 6.07) is 5.10. The number of esters is 1. The van der Waals surface area contributed by atoms with Gasteiger partial charge in [-0.1, -0.05) is 13.3 Å². The summed E-state index contributed by atoms with van der Waals surface area (Å²) in [5.41, 5.74) is 6.60. The largest absolute Gasteiger partial charge is 0.480 e. The van der Waals surface area contributed by atoms with Crippen LogP contribution in [-0.4, -0.2) is 55.5 Å². The number of hydrogen-bond acceptors (Lipinski definition) is 10. The molecule has 2 heterocycles. The quantitative estimate of drug-likeness (QED) is 0.178. The third kappa shape index (κ3) is 7.22. The topological polar surface area (TPSA) is 202 Å². The van der Waals surface area contributed by atoms with E-state index < -0.39 is 29.4 Å². The Bertz CT molecular complexity index is 1290. The second kappa shape index (κ2) is 12.2. The monoisotopic (exact) mass is 497 g/mol. The highest BCUT2D eigenvalue weighted by Gasteiger charge is 2.22. The molecule has 3 aromatic rings. The molecule has 0 spiro atoms. The number of carboxylic acids is 1. The SMILES string of the molecule is CCCCOC(=O)CCC(NC(=O)c1ccc(NCc2cnc3nc(N)[nH]c(=O)c3n2)cc1)C(=O)O. The zero-order chi connectivity index (χ0) is 26.1. The number of aromatic amines is 1. The number of H-pyrrole nitrogens is 1. The number of unbranched alkanes of at least 4 members (excludes halogenated alkanes) is 1. The van der Waals surface area contributed by atoms with E-state index in [0.29, 0.717) is 11.4 Å². The molecule has 1 atom stereocenters. The van der Waals surface area contributed by atoms with E-state index >= 15 is 0 Å². The van der Waals surface area contributed by atoms with Gasteiger partial charge in [0.2, 0.25) is 5.95 Å². The average molecular weight is 498 g/mol. The Balaban J connectivity index is 1.55. The van der Waals surface area contributed by atoms with Crippen molar-refractivity contribution in [1.29, 1.82) is 0 Å². The Labute approximate surface area is 205 Å². The van der Waals surface area contributed by atoms with Gasteiger partial charge in [0, 0.05) is 17.7 Å². The molecule has 0 aliphatic heterocycles. The third-order valence-electron chi connectivity index (χ3n) is 5.11. The predicted molar refractivity (Wildman–Crippen MR) is 130 cm³/mol. The number of benzene rings is 1. The number of nitrogens with one attached hydrogen (secondary N) is 3. The first-order valence-corrected chi connectivity index (χ1v) is 11.3. The highest BCUT2D eigenvalue weighted by Crippen LogP contribution is 2.12. The molecule has 0 saturated heterocycles. The Morgan fingerprint density at radius 1 is 1.19 bits per heavy atom. The van der Waals surface area contributed by atoms with Gasteiger partial charge in [-0.05, 0) is 37.1 Å². The van der Waals surface area contributed by atoms with Crippen LogP contribution in [0.4, 0.5) is 11.6 Å². The number of rotatable bonds is 12. The number of nitrogen functional groups attached to an aromatic ring is 1. The lowest BCUT2D eigenvalue weighted by molar-refractivity contribution is -0.144. The summed E-state index contributed by atoms with van der Waals surface area (Å²) in [7, 11) is 0. The molecular weight excluding hydrogens is 470 g/mol. The van der Waals surface area contributed by atoms with Crippen LogP contribution in [-0.2, 0) is 20.9 Å². The van der Waals surface area contributed by atoms with Crippen LogP contribution < -0.4 is 21.9 Å². The van der Waals surface area contributed by atoms with Gasteiger partial charge < -0.3 is 26.2 Å². The number of hydrogen-bond donors (Lipinski definition) is 5. The number of ether oxygens (including phenoxy) is 1. The zero-order valence-corrected chi connectivity index (χ0v) is 19.6. The van der Waals surface area contributed by atoms with Crippen molar-refractivity contribution >= 4 is 40.6 Å². The maximum atomic E-state index is 12.5. The number of nitrogens with zero attached hydrogens (tertiary/aromatic N) is 3. The number of amides is 1. The van der Waals surface area contributed by atoms with E-state index in [2.05, 4.69) is 30.6 Å². The van der Waals surface area contributed by atoms with E-state index in [4.69, 9.17) is 10.5 Å². The van der Waals surface area contributed by atoms with Crippen molar-refractivity contribution in [1.82, 2.24) is 25.3 Å². The van der Waals surface area contributed by atoms with E-state index in [1.807, 2.05) is 6.92 Å². The van der Waals surface area contributed by atoms with Crippen LogP contribution in [0.15, 0.2) is 35.3 Å². The fourth-order valence-electron chi connectivity index (χ4n) is 3.15. The van der Waals surface area contributed by atoms with Crippen LogP contribution >= 0.6 is 0 Å². The first-order valence-electron chi connectivity index (χ1n) is 11.3. The maximum Gasteiger partial charge on any atom is 0.326 e. The standard InChI is InChI=1S/C23H27N7O6/c1-2-3-10-36-17(31)9-8-16(22(34)35)28-20(32)13-4-6-14(7-5-13)25-11-15-12-26-19-18(27-15)21(33)30-23(24)29-19/h4-7,12,16,25H,2-3,8-11H2,1H3,(H,28,32)(H,34,35)(H3,24,26,29,30,33). The third-order valence-corrected chi connectivity index (χ3v) is 5.11. The molecule has 0 bridgehead atoms. The van der Waals surface area contributed by atoms with Crippen LogP contribution in [0.3, 0.4) is 0 Å². The molecule has 0 aliphatic rings. The summed E-state index contributed by atoms with van der Waals surface area (Å²) < 4.78 is 5.02. The summed E-state index contributed by atoms with van der Waals surface area (Å²) in [5.74, 6) is -2.37. The predicted octanol–water partition coefficient (Wildman–Crippen LogP) is 1.21. The highest BCUT2D eigenvalue weighted by molar-refractivity contribution is 5.97. The van der Waals surface area contributed by atoms with E-state index in [0.717, 1.165) is 12.8 Å². The van der Waals surface area contributed by atoms with Crippen molar-refractivity contribution in [2.75, 3.05) is 17.7 Å². The molecular formula is C23H27N7O6. The molecule has 1 unspecified atom stereocenters. The summed E-state index contributed by atoms with van der Waals surface area (Å²) in [5, 5.41) is 14.9. The lowest BCUT2D eigenvalue weighted by Crippen LogP contribution is -2.41. The number of carbonyl (C=O) groups is 3. The number of fused-ring (bicyclic) bond motifs is 1. The van der Waals surface area contributed by atoms with Crippen molar-refractivity contribution < 1.29 is 24.2 Å². The molecule has 6 N–H and O–H groups in total. The molecule has 0 radical (unpaired) electrons. The Hall–Kier alpha value is -4.55. The second-order valence-electron chi connectivity index (χ2n) is 7.89. The number of aliphatic carboxylic acids is 1. The Kier molecular flexibility index (Phi) is 8.86. The number of carbonyl (C=O) groups excluding carboxylic acids is 2. The Morgan fingerprint density at radius 2 is 1.94 bits per heavy atom. The van der Waals surface area contributed by atoms with E-state index in [9.17, 15) is 24.3 Å². The molecule has 0 fully saturated rings. The van der Waals surface area contributed by atoms with Crippen LogP contribution in [0, 0.1) is 0 Å². The molecule has 3 rings (SSSR count). The smallest absolute Gasteiger partial charge is 0.326 e. The molecule has 1 amide bonds. The summed E-state index contributed by atoms with van der Waals surface area (Å²) in [4.78, 5) is 62.3. The van der Waals surface area contributed by atoms with Gasteiger partial charge in [0.05, 0.1) is 25.0 Å². The van der Waals surface area contributed by atoms with Crippen molar-refractivity contribution in [3.63, 3.8) is 0 Å². The molecule has 36 heavy (non-hydrogen) atoms. The van der Waals surface area contributed by atoms with Gasteiger partial charge in [-0.3, -0.25) is 19.4 Å². The van der Waals surface area contributed by atoms with E-state index in [1.54, 1.807) is 12.1 Å². The van der Waals surface area contributed by atoms with Gasteiger partial charge in [0.1, 0.15) is 6.04 Å².